The van der Waals surface area contributed by atoms with Gasteiger partial charge in [-0.3, -0.25) is 0 Å². The van der Waals surface area contributed by atoms with Crippen LogP contribution >= 0.6 is 0 Å². The molecule has 19 heavy (non-hydrogen) atoms. The topological polar surface area (TPSA) is 31.5 Å². The molecule has 0 aliphatic heterocycles. The van der Waals surface area contributed by atoms with E-state index in [-0.39, 0.29) is 18.2 Å². The molecule has 3 heteroatoms. The zero-order valence-corrected chi connectivity index (χ0v) is 11.2. The molecule has 2 aromatic carbocycles. The standard InChI is InChI=1S/C16H12O2.ClH/c1-11-9-15(12-5-3-2-4-6-12)18-16-10-13(17)7-8-14(11)16;/h2-10H,1H3;1H. The lowest BCUT2D eigenvalue weighted by Crippen LogP contribution is -3.00. The molecule has 0 spiro atoms. The van der Waals surface area contributed by atoms with Crippen molar-refractivity contribution in [3.63, 3.8) is 0 Å². The maximum absolute atomic E-state index is 9.52. The number of hydrogen-bond acceptors (Lipinski definition) is 1. The van der Waals surface area contributed by atoms with E-state index in [1.807, 2.05) is 49.4 Å². The summed E-state index contributed by atoms with van der Waals surface area (Å²) in [5, 5.41) is 10.5. The number of halogens is 1. The number of aryl methyl sites for hydroxylation is 1. The highest BCUT2D eigenvalue weighted by Crippen LogP contribution is 2.29. The van der Waals surface area contributed by atoms with E-state index in [1.165, 1.54) is 0 Å². The van der Waals surface area contributed by atoms with Gasteiger partial charge in [-0.2, -0.15) is 0 Å². The Balaban J connectivity index is 0.00000133. The molecule has 96 valence electrons. The lowest BCUT2D eigenvalue weighted by molar-refractivity contribution is -0.00000518. The zero-order valence-electron chi connectivity index (χ0n) is 10.4. The van der Waals surface area contributed by atoms with Crippen molar-refractivity contribution >= 4 is 11.0 Å². The molecule has 1 heterocycles. The molecule has 0 bridgehead atoms. The van der Waals surface area contributed by atoms with Crippen molar-refractivity contribution in [3.05, 3.63) is 60.2 Å². The SMILES string of the molecule is Cc1cc(-c2ccccc2)[o+]c2cc(O)ccc12.[Cl-]. The van der Waals surface area contributed by atoms with E-state index in [1.54, 1.807) is 12.1 Å². The van der Waals surface area contributed by atoms with E-state index in [9.17, 15) is 5.11 Å². The van der Waals surface area contributed by atoms with Crippen LogP contribution in [0.15, 0.2) is 59.0 Å². The molecular formula is C16H13ClO2. The molecule has 3 aromatic rings. The van der Waals surface area contributed by atoms with Gasteiger partial charge in [-0.15, -0.1) is 0 Å². The summed E-state index contributed by atoms with van der Waals surface area (Å²) in [6.07, 6.45) is 0. The molecule has 0 atom stereocenters. The van der Waals surface area contributed by atoms with Gasteiger partial charge in [0.05, 0.1) is 17.0 Å². The van der Waals surface area contributed by atoms with E-state index in [0.717, 1.165) is 22.3 Å². The van der Waals surface area contributed by atoms with Crippen LogP contribution in [0.3, 0.4) is 0 Å². The monoisotopic (exact) mass is 272 g/mol. The van der Waals surface area contributed by atoms with Gasteiger partial charge in [0.15, 0.2) is 0 Å². The highest BCUT2D eigenvalue weighted by Gasteiger charge is 2.17. The average molecular weight is 273 g/mol. The molecule has 3 rings (SSSR count). The molecular weight excluding hydrogens is 260 g/mol. The molecule has 0 unspecified atom stereocenters. The fraction of sp³-hybridized carbons (Fsp3) is 0.0625. The van der Waals surface area contributed by atoms with Gasteiger partial charge in [-0.05, 0) is 36.8 Å². The van der Waals surface area contributed by atoms with Crippen LogP contribution in [-0.2, 0) is 0 Å². The van der Waals surface area contributed by atoms with Crippen molar-refractivity contribution in [2.24, 2.45) is 0 Å². The van der Waals surface area contributed by atoms with Gasteiger partial charge < -0.3 is 17.5 Å². The van der Waals surface area contributed by atoms with Gasteiger partial charge in [0.1, 0.15) is 5.75 Å². The molecule has 2 nitrogen and oxygen atoms in total. The highest BCUT2D eigenvalue weighted by molar-refractivity contribution is 5.83. The van der Waals surface area contributed by atoms with Gasteiger partial charge in [0, 0.05) is 6.07 Å². The smallest absolute Gasteiger partial charge is 0.364 e. The molecule has 0 amide bonds. The second kappa shape index (κ2) is 5.29. The van der Waals surface area contributed by atoms with Crippen molar-refractivity contribution in [1.29, 1.82) is 0 Å². The minimum atomic E-state index is 0. The maximum Gasteiger partial charge on any atom is 0.364 e. The minimum Gasteiger partial charge on any atom is -1.00 e. The number of aromatic hydroxyl groups is 1. The molecule has 1 N–H and O–H groups in total. The Morgan fingerprint density at radius 3 is 2.42 bits per heavy atom. The predicted octanol–water partition coefficient (Wildman–Crippen LogP) is 1.40. The van der Waals surface area contributed by atoms with Gasteiger partial charge >= 0.3 is 11.3 Å². The molecule has 0 fully saturated rings. The van der Waals surface area contributed by atoms with Gasteiger partial charge in [-0.1, -0.05) is 18.2 Å². The Labute approximate surface area is 117 Å². The molecule has 0 aliphatic carbocycles. The van der Waals surface area contributed by atoms with Crippen LogP contribution in [0.4, 0.5) is 0 Å². The molecule has 0 saturated heterocycles. The van der Waals surface area contributed by atoms with Crippen molar-refractivity contribution < 1.29 is 21.9 Å². The first-order chi connectivity index (χ1) is 8.74. The first-order valence-electron chi connectivity index (χ1n) is 5.86. The predicted molar refractivity (Wildman–Crippen MR) is 72.5 cm³/mol. The summed E-state index contributed by atoms with van der Waals surface area (Å²) in [6, 6.07) is 17.2. The van der Waals surface area contributed by atoms with Crippen LogP contribution in [0, 0.1) is 6.92 Å². The van der Waals surface area contributed by atoms with E-state index in [0.29, 0.717) is 5.58 Å². The molecule has 0 aliphatic rings. The summed E-state index contributed by atoms with van der Waals surface area (Å²) in [5.41, 5.74) is 2.87. The van der Waals surface area contributed by atoms with Crippen LogP contribution in [0.25, 0.3) is 22.3 Å². The Morgan fingerprint density at radius 2 is 1.68 bits per heavy atom. The summed E-state index contributed by atoms with van der Waals surface area (Å²) < 4.78 is 5.85. The lowest BCUT2D eigenvalue weighted by Gasteiger charge is -1.97. The second-order valence-electron chi connectivity index (χ2n) is 4.34. The zero-order chi connectivity index (χ0) is 12.5. The first kappa shape index (κ1) is 13.4. The van der Waals surface area contributed by atoms with E-state index >= 15 is 0 Å². The highest BCUT2D eigenvalue weighted by atomic mass is 35.5. The summed E-state index contributed by atoms with van der Waals surface area (Å²) in [6.45, 7) is 2.04. The molecule has 1 aromatic heterocycles. The van der Waals surface area contributed by atoms with Crippen molar-refractivity contribution in [2.45, 2.75) is 6.92 Å². The third-order valence-electron chi connectivity index (χ3n) is 3.02. The quantitative estimate of drug-likeness (QED) is 0.679. The van der Waals surface area contributed by atoms with E-state index < -0.39 is 0 Å². The summed E-state index contributed by atoms with van der Waals surface area (Å²) in [7, 11) is 0. The van der Waals surface area contributed by atoms with Crippen LogP contribution in [0.1, 0.15) is 5.56 Å². The summed E-state index contributed by atoms with van der Waals surface area (Å²) in [5.74, 6) is 1.03. The van der Waals surface area contributed by atoms with Crippen LogP contribution in [0.5, 0.6) is 5.75 Å². The van der Waals surface area contributed by atoms with E-state index in [4.69, 9.17) is 4.42 Å². The average Bonchev–Trinajstić information content (AvgIpc) is 2.39. The third-order valence-corrected chi connectivity index (χ3v) is 3.02. The number of phenolic OH excluding ortho intramolecular Hbond substituents is 1. The Morgan fingerprint density at radius 1 is 0.947 bits per heavy atom. The molecule has 0 saturated carbocycles. The minimum absolute atomic E-state index is 0. The number of benzene rings is 2. The van der Waals surface area contributed by atoms with Crippen molar-refractivity contribution in [3.8, 4) is 17.1 Å². The fourth-order valence-electron chi connectivity index (χ4n) is 2.09. The van der Waals surface area contributed by atoms with Gasteiger partial charge in [0.25, 0.3) is 0 Å². The van der Waals surface area contributed by atoms with Crippen LogP contribution in [-0.4, -0.2) is 5.11 Å². The number of hydrogen-bond donors (Lipinski definition) is 1. The third kappa shape index (κ3) is 2.54. The lowest BCUT2D eigenvalue weighted by atomic mass is 10.1. The van der Waals surface area contributed by atoms with E-state index in [2.05, 4.69) is 0 Å². The number of fused-ring (bicyclic) bond motifs is 1. The summed E-state index contributed by atoms with van der Waals surface area (Å²) in [4.78, 5) is 0. The Hall–Kier alpha value is -2.06. The summed E-state index contributed by atoms with van der Waals surface area (Å²) >= 11 is 0. The first-order valence-corrected chi connectivity index (χ1v) is 5.86. The number of rotatable bonds is 1. The largest absolute Gasteiger partial charge is 1.00 e. The number of phenols is 1. The maximum atomic E-state index is 9.52. The Kier molecular flexibility index (Phi) is 3.72. The van der Waals surface area contributed by atoms with Crippen LogP contribution < -0.4 is 12.4 Å². The Bertz CT molecular complexity index is 709. The van der Waals surface area contributed by atoms with Crippen molar-refractivity contribution in [2.75, 3.05) is 0 Å². The van der Waals surface area contributed by atoms with Gasteiger partial charge in [0.2, 0.25) is 0 Å². The van der Waals surface area contributed by atoms with Crippen LogP contribution in [0.2, 0.25) is 0 Å². The molecule has 0 radical (unpaired) electrons. The van der Waals surface area contributed by atoms with Crippen molar-refractivity contribution in [1.82, 2.24) is 0 Å². The second-order valence-corrected chi connectivity index (χ2v) is 4.34. The van der Waals surface area contributed by atoms with Gasteiger partial charge in [-0.25, -0.2) is 4.42 Å². The fourth-order valence-corrected chi connectivity index (χ4v) is 2.09. The normalized spacial score (nSPS) is 10.2.